The van der Waals surface area contributed by atoms with E-state index in [4.69, 9.17) is 0 Å². The molecule has 1 saturated carbocycles. The van der Waals surface area contributed by atoms with E-state index in [0.29, 0.717) is 31.8 Å². The molecular formula is C19H24ClN5O2. The number of hydrogen-bond acceptors (Lipinski definition) is 4. The Morgan fingerprint density at radius 2 is 1.89 bits per heavy atom. The molecule has 0 bridgehead atoms. The Morgan fingerprint density at radius 3 is 2.59 bits per heavy atom. The number of carbonyl (C=O) groups is 2. The molecule has 0 spiro atoms. The molecule has 2 heterocycles. The lowest BCUT2D eigenvalue weighted by Gasteiger charge is -2.35. The Labute approximate surface area is 164 Å². The summed E-state index contributed by atoms with van der Waals surface area (Å²) in [5, 5.41) is 11.3. The van der Waals surface area contributed by atoms with E-state index in [9.17, 15) is 9.59 Å². The third-order valence-corrected chi connectivity index (χ3v) is 5.05. The Bertz CT molecular complexity index is 819. The number of nitrogens with one attached hydrogen (secondary N) is 1. The third kappa shape index (κ3) is 4.13. The van der Waals surface area contributed by atoms with E-state index >= 15 is 0 Å². The van der Waals surface area contributed by atoms with Gasteiger partial charge < -0.3 is 14.8 Å². The first kappa shape index (κ1) is 19.4. The molecule has 2 amide bonds. The van der Waals surface area contributed by atoms with Gasteiger partial charge in [0.15, 0.2) is 11.9 Å². The summed E-state index contributed by atoms with van der Waals surface area (Å²) in [5.74, 6) is 1.19. The summed E-state index contributed by atoms with van der Waals surface area (Å²) in [5.41, 5.74) is 1.12. The van der Waals surface area contributed by atoms with E-state index in [2.05, 4.69) is 15.5 Å². The number of nitrogens with zero attached hydrogens (tertiary/aromatic N) is 4. The van der Waals surface area contributed by atoms with Crippen LogP contribution in [0.2, 0.25) is 0 Å². The van der Waals surface area contributed by atoms with Gasteiger partial charge in [0.1, 0.15) is 5.82 Å². The van der Waals surface area contributed by atoms with Crippen LogP contribution in [0, 0.1) is 6.92 Å². The van der Waals surface area contributed by atoms with Crippen molar-refractivity contribution in [2.75, 3.05) is 6.54 Å². The topological polar surface area (TPSA) is 80.1 Å². The van der Waals surface area contributed by atoms with Gasteiger partial charge in [-0.2, -0.15) is 0 Å². The van der Waals surface area contributed by atoms with Gasteiger partial charge in [-0.05, 0) is 31.7 Å². The molecule has 1 fully saturated rings. The highest BCUT2D eigenvalue weighted by molar-refractivity contribution is 5.88. The van der Waals surface area contributed by atoms with E-state index < -0.39 is 6.04 Å². The molecule has 0 saturated heterocycles. The van der Waals surface area contributed by atoms with Crippen LogP contribution in [0.1, 0.15) is 42.5 Å². The van der Waals surface area contributed by atoms with Crippen molar-refractivity contribution in [3.8, 4) is 0 Å². The first-order chi connectivity index (χ1) is 12.6. The van der Waals surface area contributed by atoms with E-state index in [-0.39, 0.29) is 30.3 Å². The van der Waals surface area contributed by atoms with Crippen molar-refractivity contribution >= 4 is 24.2 Å². The zero-order chi connectivity index (χ0) is 18.1. The van der Waals surface area contributed by atoms with Crippen LogP contribution in [0.25, 0.3) is 0 Å². The van der Waals surface area contributed by atoms with Crippen LogP contribution in [-0.2, 0) is 22.6 Å². The summed E-state index contributed by atoms with van der Waals surface area (Å²) in [6, 6.07) is 9.48. The molecule has 1 aromatic carbocycles. The van der Waals surface area contributed by atoms with Gasteiger partial charge in [0.25, 0.3) is 5.91 Å². The second kappa shape index (κ2) is 8.08. The summed E-state index contributed by atoms with van der Waals surface area (Å²) in [4.78, 5) is 27.4. The van der Waals surface area contributed by atoms with Gasteiger partial charge in [-0.25, -0.2) is 0 Å². The van der Waals surface area contributed by atoms with Crippen LogP contribution >= 0.6 is 12.4 Å². The molecule has 4 rings (SSSR count). The molecule has 2 aliphatic rings. The molecule has 2 aromatic rings. The molecule has 8 heteroatoms. The van der Waals surface area contributed by atoms with Gasteiger partial charge in [0.2, 0.25) is 5.91 Å². The van der Waals surface area contributed by atoms with Crippen molar-refractivity contribution in [3.63, 3.8) is 0 Å². The van der Waals surface area contributed by atoms with Crippen molar-refractivity contribution in [2.45, 2.75) is 51.2 Å². The van der Waals surface area contributed by atoms with Crippen LogP contribution in [-0.4, -0.2) is 44.1 Å². The number of hydrogen-bond donors (Lipinski definition) is 1. The smallest absolute Gasteiger partial charge is 0.251 e. The van der Waals surface area contributed by atoms with Crippen LogP contribution in [0.3, 0.4) is 0 Å². The fourth-order valence-corrected chi connectivity index (χ4v) is 3.43. The second-order valence-corrected chi connectivity index (χ2v) is 7.02. The lowest BCUT2D eigenvalue weighted by atomic mass is 10.1. The van der Waals surface area contributed by atoms with Crippen molar-refractivity contribution in [2.24, 2.45) is 0 Å². The number of benzene rings is 1. The highest BCUT2D eigenvalue weighted by Gasteiger charge is 2.40. The number of carbonyl (C=O) groups excluding carboxylic acids is 2. The van der Waals surface area contributed by atoms with Crippen LogP contribution < -0.4 is 5.32 Å². The maximum Gasteiger partial charge on any atom is 0.251 e. The number of halogens is 1. The number of aryl methyl sites for hydroxylation is 2. The minimum Gasteiger partial charge on any atom is -0.351 e. The highest BCUT2D eigenvalue weighted by Crippen LogP contribution is 2.28. The Hall–Kier alpha value is -2.41. The monoisotopic (exact) mass is 389 g/mol. The van der Waals surface area contributed by atoms with Crippen molar-refractivity contribution in [3.05, 3.63) is 47.5 Å². The molecule has 1 N–H and O–H groups in total. The average Bonchev–Trinajstić information content (AvgIpc) is 3.40. The van der Waals surface area contributed by atoms with Gasteiger partial charge in [0, 0.05) is 25.6 Å². The fourth-order valence-electron chi connectivity index (χ4n) is 3.43. The molecule has 0 radical (unpaired) electrons. The summed E-state index contributed by atoms with van der Waals surface area (Å²) < 4.78 is 1.94. The van der Waals surface area contributed by atoms with Crippen molar-refractivity contribution in [1.82, 2.24) is 25.0 Å². The molecule has 1 unspecified atom stereocenters. The predicted molar refractivity (Wildman–Crippen MR) is 102 cm³/mol. The van der Waals surface area contributed by atoms with Crippen LogP contribution in [0.5, 0.6) is 0 Å². The number of amides is 2. The van der Waals surface area contributed by atoms with Gasteiger partial charge in [-0.1, -0.05) is 30.3 Å². The summed E-state index contributed by atoms with van der Waals surface area (Å²) in [7, 11) is 0. The number of aromatic nitrogens is 3. The lowest BCUT2D eigenvalue weighted by molar-refractivity contribution is -0.142. The molecule has 1 aliphatic heterocycles. The molecule has 1 atom stereocenters. The quantitative estimate of drug-likeness (QED) is 0.845. The maximum atomic E-state index is 12.9. The minimum atomic E-state index is -0.686. The Kier molecular flexibility index (Phi) is 5.79. The maximum absolute atomic E-state index is 12.9. The third-order valence-electron chi connectivity index (χ3n) is 5.05. The number of fused-ring (bicyclic) bond motifs is 1. The first-order valence-electron chi connectivity index (χ1n) is 9.17. The SMILES string of the molecule is Cc1nnc2n1CCN(C(=O)CCc1ccccc1)C2C(=O)NC1CC1.Cl. The van der Waals surface area contributed by atoms with Gasteiger partial charge in [-0.3, -0.25) is 9.59 Å². The van der Waals surface area contributed by atoms with Gasteiger partial charge in [0.05, 0.1) is 0 Å². The summed E-state index contributed by atoms with van der Waals surface area (Å²) in [6.45, 7) is 3.00. The van der Waals surface area contributed by atoms with E-state index in [0.717, 1.165) is 24.2 Å². The van der Waals surface area contributed by atoms with E-state index in [1.165, 1.54) is 0 Å². The normalized spacial score (nSPS) is 18.4. The fraction of sp³-hybridized carbons (Fsp3) is 0.474. The van der Waals surface area contributed by atoms with Gasteiger partial charge in [-0.15, -0.1) is 22.6 Å². The van der Waals surface area contributed by atoms with E-state index in [1.54, 1.807) is 4.90 Å². The molecular weight excluding hydrogens is 366 g/mol. The largest absolute Gasteiger partial charge is 0.351 e. The molecule has 144 valence electrons. The average molecular weight is 390 g/mol. The molecule has 27 heavy (non-hydrogen) atoms. The van der Waals surface area contributed by atoms with Crippen molar-refractivity contribution < 1.29 is 9.59 Å². The van der Waals surface area contributed by atoms with Crippen LogP contribution in [0.4, 0.5) is 0 Å². The standard InChI is InChI=1S/C19H23N5O2.ClH/c1-13-21-22-18-17(19(26)20-15-8-9-15)24(12-11-23(13)18)16(25)10-7-14-5-3-2-4-6-14;/h2-6,15,17H,7-12H2,1H3,(H,20,26);1H. The lowest BCUT2D eigenvalue weighted by Crippen LogP contribution is -2.49. The minimum absolute atomic E-state index is 0. The highest BCUT2D eigenvalue weighted by atomic mass is 35.5. The van der Waals surface area contributed by atoms with Crippen molar-refractivity contribution in [1.29, 1.82) is 0 Å². The Balaban J connectivity index is 0.00000210. The predicted octanol–water partition coefficient (Wildman–Crippen LogP) is 1.80. The van der Waals surface area contributed by atoms with Crippen LogP contribution in [0.15, 0.2) is 30.3 Å². The molecule has 1 aliphatic carbocycles. The zero-order valence-electron chi connectivity index (χ0n) is 15.3. The summed E-state index contributed by atoms with van der Waals surface area (Å²) >= 11 is 0. The first-order valence-corrected chi connectivity index (χ1v) is 9.17. The molecule has 1 aromatic heterocycles. The van der Waals surface area contributed by atoms with Gasteiger partial charge >= 0.3 is 0 Å². The summed E-state index contributed by atoms with van der Waals surface area (Å²) in [6.07, 6.45) is 3.06. The van der Waals surface area contributed by atoms with E-state index in [1.807, 2.05) is 41.8 Å². The zero-order valence-corrected chi connectivity index (χ0v) is 16.1. The number of rotatable bonds is 5. The molecule has 7 nitrogen and oxygen atoms in total. The second-order valence-electron chi connectivity index (χ2n) is 7.02. The Morgan fingerprint density at radius 1 is 1.15 bits per heavy atom.